The van der Waals surface area contributed by atoms with E-state index in [1.165, 1.54) is 12.1 Å². The minimum absolute atomic E-state index is 0.0223. The lowest BCUT2D eigenvalue weighted by Crippen LogP contribution is -2.25. The number of carbonyl (C=O) groups is 2. The second kappa shape index (κ2) is 8.87. The number of thioether (sulfide) groups is 1. The molecule has 2 N–H and O–H groups in total. The summed E-state index contributed by atoms with van der Waals surface area (Å²) < 4.78 is 13.8. The first-order valence-corrected chi connectivity index (χ1v) is 9.02. The van der Waals surface area contributed by atoms with Gasteiger partial charge in [-0.05, 0) is 38.1 Å². The van der Waals surface area contributed by atoms with Crippen molar-refractivity contribution in [3.8, 4) is 0 Å². The SMILES string of the molecule is Cc1ccc(NC(=O)CSC(C)C(=O)Nc2cccc(Cl)c2F)cc1. The molecule has 2 rings (SSSR count). The lowest BCUT2D eigenvalue weighted by Gasteiger charge is -2.13. The predicted octanol–water partition coefficient (Wildman–Crippen LogP) is 4.49. The van der Waals surface area contributed by atoms with Crippen LogP contribution in [0.15, 0.2) is 42.5 Å². The molecule has 2 aromatic carbocycles. The lowest BCUT2D eigenvalue weighted by atomic mass is 10.2. The number of nitrogens with one attached hydrogen (secondary N) is 2. The molecule has 25 heavy (non-hydrogen) atoms. The normalized spacial score (nSPS) is 11.7. The minimum Gasteiger partial charge on any atom is -0.325 e. The number of hydrogen-bond donors (Lipinski definition) is 2. The van der Waals surface area contributed by atoms with Gasteiger partial charge in [0, 0.05) is 5.69 Å². The monoisotopic (exact) mass is 380 g/mol. The van der Waals surface area contributed by atoms with Gasteiger partial charge < -0.3 is 10.6 Å². The van der Waals surface area contributed by atoms with Crippen molar-refractivity contribution in [2.45, 2.75) is 19.1 Å². The maximum absolute atomic E-state index is 13.8. The zero-order valence-electron chi connectivity index (χ0n) is 13.8. The number of amides is 2. The fraction of sp³-hybridized carbons (Fsp3) is 0.222. The van der Waals surface area contributed by atoms with Crippen molar-refractivity contribution >= 4 is 46.6 Å². The van der Waals surface area contributed by atoms with E-state index in [0.29, 0.717) is 5.69 Å². The van der Waals surface area contributed by atoms with Gasteiger partial charge in [0.25, 0.3) is 0 Å². The fourth-order valence-electron chi connectivity index (χ4n) is 1.95. The summed E-state index contributed by atoms with van der Waals surface area (Å²) in [6, 6.07) is 11.8. The third kappa shape index (κ3) is 5.76. The molecule has 0 aliphatic carbocycles. The standard InChI is InChI=1S/C18H18ClFN2O2S/c1-11-6-8-13(9-7-11)21-16(23)10-25-12(2)18(24)22-15-5-3-4-14(19)17(15)20/h3-9,12H,10H2,1-2H3,(H,21,23)(H,22,24). The van der Waals surface area contributed by atoms with Gasteiger partial charge in [0.05, 0.1) is 21.7 Å². The third-order valence-corrected chi connectivity index (χ3v) is 4.81. The van der Waals surface area contributed by atoms with Gasteiger partial charge in [-0.1, -0.05) is 35.4 Å². The number of benzene rings is 2. The molecule has 0 saturated carbocycles. The molecular weight excluding hydrogens is 363 g/mol. The molecule has 0 aromatic heterocycles. The molecule has 7 heteroatoms. The maximum Gasteiger partial charge on any atom is 0.237 e. The summed E-state index contributed by atoms with van der Waals surface area (Å²) in [7, 11) is 0. The van der Waals surface area contributed by atoms with Crippen molar-refractivity contribution in [2.24, 2.45) is 0 Å². The van der Waals surface area contributed by atoms with E-state index in [9.17, 15) is 14.0 Å². The van der Waals surface area contributed by atoms with E-state index in [-0.39, 0.29) is 22.4 Å². The Morgan fingerprint density at radius 3 is 2.52 bits per heavy atom. The molecule has 4 nitrogen and oxygen atoms in total. The number of hydrogen-bond acceptors (Lipinski definition) is 3. The van der Waals surface area contributed by atoms with Crippen LogP contribution in [-0.4, -0.2) is 22.8 Å². The highest BCUT2D eigenvalue weighted by atomic mass is 35.5. The first kappa shape index (κ1) is 19.3. The molecule has 0 aliphatic heterocycles. The van der Waals surface area contributed by atoms with Gasteiger partial charge >= 0.3 is 0 Å². The van der Waals surface area contributed by atoms with E-state index in [1.54, 1.807) is 13.0 Å². The Labute approximate surface area is 155 Å². The van der Waals surface area contributed by atoms with Crippen LogP contribution in [0.25, 0.3) is 0 Å². The summed E-state index contributed by atoms with van der Waals surface area (Å²) in [5.41, 5.74) is 1.83. The van der Waals surface area contributed by atoms with Crippen LogP contribution in [0.1, 0.15) is 12.5 Å². The number of carbonyl (C=O) groups excluding carboxylic acids is 2. The van der Waals surface area contributed by atoms with E-state index in [2.05, 4.69) is 10.6 Å². The quantitative estimate of drug-likeness (QED) is 0.776. The molecule has 0 heterocycles. The van der Waals surface area contributed by atoms with Gasteiger partial charge in [-0.2, -0.15) is 0 Å². The van der Waals surface area contributed by atoms with Crippen molar-refractivity contribution in [2.75, 3.05) is 16.4 Å². The molecular formula is C18H18ClFN2O2S. The molecule has 0 saturated heterocycles. The Bertz CT molecular complexity index is 768. The Hall–Kier alpha value is -2.05. The Morgan fingerprint density at radius 2 is 1.84 bits per heavy atom. The predicted molar refractivity (Wildman–Crippen MR) is 102 cm³/mol. The van der Waals surface area contributed by atoms with Crippen molar-refractivity contribution in [3.05, 3.63) is 58.9 Å². The average Bonchev–Trinajstić information content (AvgIpc) is 2.58. The van der Waals surface area contributed by atoms with E-state index in [4.69, 9.17) is 11.6 Å². The molecule has 0 bridgehead atoms. The number of aryl methyl sites for hydroxylation is 1. The van der Waals surface area contributed by atoms with Crippen LogP contribution in [0, 0.1) is 12.7 Å². The van der Waals surface area contributed by atoms with Gasteiger partial charge in [-0.15, -0.1) is 11.8 Å². The minimum atomic E-state index is -0.674. The number of anilines is 2. The van der Waals surface area contributed by atoms with Crippen LogP contribution < -0.4 is 10.6 Å². The second-order valence-corrected chi connectivity index (χ2v) is 7.19. The van der Waals surface area contributed by atoms with Crippen LogP contribution in [0.2, 0.25) is 5.02 Å². The van der Waals surface area contributed by atoms with E-state index < -0.39 is 17.0 Å². The summed E-state index contributed by atoms with van der Waals surface area (Å²) in [4.78, 5) is 24.1. The van der Waals surface area contributed by atoms with Crippen LogP contribution in [-0.2, 0) is 9.59 Å². The summed E-state index contributed by atoms with van der Waals surface area (Å²) >= 11 is 6.85. The van der Waals surface area contributed by atoms with Crippen molar-refractivity contribution in [3.63, 3.8) is 0 Å². The average molecular weight is 381 g/mol. The first-order valence-electron chi connectivity index (χ1n) is 7.60. The Kier molecular flexibility index (Phi) is 6.84. The van der Waals surface area contributed by atoms with Crippen LogP contribution in [0.5, 0.6) is 0 Å². The summed E-state index contributed by atoms with van der Waals surface area (Å²) in [5, 5.41) is 4.65. The second-order valence-electron chi connectivity index (χ2n) is 5.46. The van der Waals surface area contributed by atoms with Gasteiger partial charge in [0.1, 0.15) is 0 Å². The number of halogens is 2. The topological polar surface area (TPSA) is 58.2 Å². The van der Waals surface area contributed by atoms with E-state index >= 15 is 0 Å². The highest BCUT2D eigenvalue weighted by Gasteiger charge is 2.17. The zero-order valence-corrected chi connectivity index (χ0v) is 15.4. The van der Waals surface area contributed by atoms with E-state index in [1.807, 2.05) is 31.2 Å². The van der Waals surface area contributed by atoms with Crippen molar-refractivity contribution in [1.82, 2.24) is 0 Å². The Balaban J connectivity index is 1.83. The lowest BCUT2D eigenvalue weighted by molar-refractivity contribution is -0.115. The molecule has 1 atom stereocenters. The molecule has 0 radical (unpaired) electrons. The smallest absolute Gasteiger partial charge is 0.237 e. The van der Waals surface area contributed by atoms with Crippen LogP contribution >= 0.6 is 23.4 Å². The molecule has 0 aliphatic rings. The van der Waals surface area contributed by atoms with Gasteiger partial charge in [-0.3, -0.25) is 9.59 Å². The fourth-order valence-corrected chi connectivity index (χ4v) is 2.80. The molecule has 2 aromatic rings. The van der Waals surface area contributed by atoms with Gasteiger partial charge in [0.15, 0.2) is 5.82 Å². The molecule has 1 unspecified atom stereocenters. The Morgan fingerprint density at radius 1 is 1.16 bits per heavy atom. The maximum atomic E-state index is 13.8. The van der Waals surface area contributed by atoms with Crippen molar-refractivity contribution in [1.29, 1.82) is 0 Å². The molecule has 0 fully saturated rings. The largest absolute Gasteiger partial charge is 0.325 e. The molecule has 0 spiro atoms. The zero-order chi connectivity index (χ0) is 18.4. The summed E-state index contributed by atoms with van der Waals surface area (Å²) in [6.45, 7) is 3.62. The van der Waals surface area contributed by atoms with Crippen LogP contribution in [0.4, 0.5) is 15.8 Å². The molecule has 132 valence electrons. The summed E-state index contributed by atoms with van der Waals surface area (Å²) in [5.74, 6) is -1.16. The summed E-state index contributed by atoms with van der Waals surface area (Å²) in [6.07, 6.45) is 0. The number of rotatable bonds is 6. The van der Waals surface area contributed by atoms with E-state index in [0.717, 1.165) is 17.3 Å². The highest BCUT2D eigenvalue weighted by Crippen LogP contribution is 2.23. The van der Waals surface area contributed by atoms with Crippen molar-refractivity contribution < 1.29 is 14.0 Å². The van der Waals surface area contributed by atoms with Gasteiger partial charge in [0.2, 0.25) is 11.8 Å². The van der Waals surface area contributed by atoms with Crippen LogP contribution in [0.3, 0.4) is 0 Å². The first-order chi connectivity index (χ1) is 11.9. The third-order valence-electron chi connectivity index (χ3n) is 3.38. The highest BCUT2D eigenvalue weighted by molar-refractivity contribution is 8.01. The van der Waals surface area contributed by atoms with Gasteiger partial charge in [-0.25, -0.2) is 4.39 Å². The molecule has 2 amide bonds.